The number of pyridine rings is 2. The van der Waals surface area contributed by atoms with Crippen molar-refractivity contribution < 1.29 is 0 Å². The van der Waals surface area contributed by atoms with Crippen LogP contribution in [-0.2, 0) is 0 Å². The van der Waals surface area contributed by atoms with E-state index >= 15 is 0 Å². The second-order valence-electron chi connectivity index (χ2n) is 9.93. The van der Waals surface area contributed by atoms with Gasteiger partial charge >= 0.3 is 0 Å². The molecule has 0 radical (unpaired) electrons. The largest absolute Gasteiger partial charge is 0.251 e. The van der Waals surface area contributed by atoms with Crippen LogP contribution in [-0.4, -0.2) is 24.9 Å². The van der Waals surface area contributed by atoms with Crippen molar-refractivity contribution in [3.8, 4) is 45.4 Å². The molecule has 40 heavy (non-hydrogen) atoms. The molecule has 0 bridgehead atoms. The van der Waals surface area contributed by atoms with Crippen LogP contribution in [0.5, 0.6) is 0 Å². The lowest BCUT2D eigenvalue weighted by molar-refractivity contribution is 1.07. The van der Waals surface area contributed by atoms with Gasteiger partial charge in [0.05, 0.1) is 16.7 Å². The maximum absolute atomic E-state index is 5.11. The lowest BCUT2D eigenvalue weighted by Gasteiger charge is -2.10. The van der Waals surface area contributed by atoms with Gasteiger partial charge in [-0.1, -0.05) is 97.1 Å². The quantitative estimate of drug-likeness (QED) is 0.221. The van der Waals surface area contributed by atoms with Gasteiger partial charge in [-0.05, 0) is 37.6 Å². The summed E-state index contributed by atoms with van der Waals surface area (Å²) in [5, 5.41) is 2.20. The number of benzene rings is 4. The fraction of sp³-hybridized carbons (Fsp3) is 0.0571. The molecule has 0 spiro atoms. The lowest BCUT2D eigenvalue weighted by Crippen LogP contribution is -2.00. The Morgan fingerprint density at radius 1 is 0.425 bits per heavy atom. The van der Waals surface area contributed by atoms with Gasteiger partial charge in [0, 0.05) is 38.7 Å². The molecule has 0 unspecified atom stereocenters. The summed E-state index contributed by atoms with van der Waals surface area (Å²) in [6.45, 7) is 4.15. The fourth-order valence-corrected chi connectivity index (χ4v) is 5.12. The molecule has 5 heteroatoms. The highest BCUT2D eigenvalue weighted by Crippen LogP contribution is 2.30. The Morgan fingerprint density at radius 2 is 1.00 bits per heavy atom. The van der Waals surface area contributed by atoms with Gasteiger partial charge in [0.2, 0.25) is 0 Å². The van der Waals surface area contributed by atoms with Crippen LogP contribution in [0.15, 0.2) is 115 Å². The number of fused-ring (bicyclic) bond motifs is 3. The predicted octanol–water partition coefficient (Wildman–Crippen LogP) is 8.25. The molecule has 0 aliphatic heterocycles. The normalized spacial score (nSPS) is 11.2. The Bertz CT molecular complexity index is 1960. The van der Waals surface area contributed by atoms with Crippen molar-refractivity contribution in [1.29, 1.82) is 0 Å². The van der Waals surface area contributed by atoms with Gasteiger partial charge in [0.1, 0.15) is 0 Å². The molecule has 0 amide bonds. The van der Waals surface area contributed by atoms with E-state index in [9.17, 15) is 0 Å². The van der Waals surface area contributed by atoms with Gasteiger partial charge in [-0.2, -0.15) is 0 Å². The summed E-state index contributed by atoms with van der Waals surface area (Å²) in [5.41, 5.74) is 8.70. The minimum Gasteiger partial charge on any atom is -0.251 e. The van der Waals surface area contributed by atoms with Gasteiger partial charge in [-0.25, -0.2) is 19.9 Å². The van der Waals surface area contributed by atoms with Gasteiger partial charge in [-0.3, -0.25) is 4.98 Å². The number of hydrogen-bond acceptors (Lipinski definition) is 5. The van der Waals surface area contributed by atoms with E-state index in [0.29, 0.717) is 17.5 Å². The van der Waals surface area contributed by atoms with E-state index in [4.69, 9.17) is 24.9 Å². The number of aryl methyl sites for hydroxylation is 2. The second kappa shape index (κ2) is 9.79. The Morgan fingerprint density at radius 3 is 1.68 bits per heavy atom. The third-order valence-electron chi connectivity index (χ3n) is 7.09. The van der Waals surface area contributed by atoms with Crippen LogP contribution in [0.25, 0.3) is 67.2 Å². The minimum atomic E-state index is 0.619. The molecule has 4 aromatic carbocycles. The van der Waals surface area contributed by atoms with E-state index in [1.54, 1.807) is 0 Å². The summed E-state index contributed by atoms with van der Waals surface area (Å²) >= 11 is 0. The molecule has 5 nitrogen and oxygen atoms in total. The van der Waals surface area contributed by atoms with Gasteiger partial charge in [-0.15, -0.1) is 0 Å². The van der Waals surface area contributed by atoms with Crippen LogP contribution in [0.1, 0.15) is 11.3 Å². The average molecular weight is 516 g/mol. The Balaban J connectivity index is 1.37. The summed E-state index contributed by atoms with van der Waals surface area (Å²) < 4.78 is 0. The number of nitrogens with zero attached hydrogens (tertiary/aromatic N) is 5. The van der Waals surface area contributed by atoms with Crippen molar-refractivity contribution in [3.05, 3.63) is 127 Å². The van der Waals surface area contributed by atoms with E-state index in [1.807, 2.05) is 79.7 Å². The van der Waals surface area contributed by atoms with Gasteiger partial charge in [0.25, 0.3) is 0 Å². The maximum Gasteiger partial charge on any atom is 0.164 e. The monoisotopic (exact) mass is 515 g/mol. The zero-order valence-corrected chi connectivity index (χ0v) is 22.2. The van der Waals surface area contributed by atoms with Crippen molar-refractivity contribution in [2.45, 2.75) is 13.8 Å². The molecule has 190 valence electrons. The zero-order chi connectivity index (χ0) is 27.1. The molecular weight excluding hydrogens is 490 g/mol. The Labute approximate surface area is 232 Å². The maximum atomic E-state index is 5.11. The van der Waals surface area contributed by atoms with Gasteiger partial charge < -0.3 is 0 Å². The van der Waals surface area contributed by atoms with E-state index in [1.165, 1.54) is 5.56 Å². The van der Waals surface area contributed by atoms with Crippen LogP contribution >= 0.6 is 0 Å². The molecule has 0 atom stereocenters. The SMILES string of the molecule is Cc1cc(C)c2ccc3ccc(-c4cccc(-c5nc(-c6ccccc6)nc(-c6ccccc6)n5)c4)nc3c2n1. The van der Waals surface area contributed by atoms with Crippen molar-refractivity contribution >= 4 is 21.8 Å². The standard InChI is InChI=1S/C35H25N5/c1-22-20-23(2)36-32-29(22)18-16-24-17-19-30(37-31(24)32)27-14-9-15-28(21-27)35-39-33(25-10-5-3-6-11-25)38-34(40-35)26-12-7-4-8-13-26/h3-21H,1-2H3. The Hall–Kier alpha value is -5.29. The molecular formula is C35H25N5. The first-order valence-electron chi connectivity index (χ1n) is 13.3. The second-order valence-corrected chi connectivity index (χ2v) is 9.93. The smallest absolute Gasteiger partial charge is 0.164 e. The molecule has 0 N–H and O–H groups in total. The van der Waals surface area contributed by atoms with Crippen molar-refractivity contribution in [3.63, 3.8) is 0 Å². The third kappa shape index (κ3) is 4.37. The van der Waals surface area contributed by atoms with E-state index < -0.39 is 0 Å². The van der Waals surface area contributed by atoms with E-state index in [0.717, 1.165) is 55.4 Å². The number of rotatable bonds is 4. The first kappa shape index (κ1) is 23.8. The molecule has 0 saturated carbocycles. The Kier molecular flexibility index (Phi) is 5.82. The average Bonchev–Trinajstić information content (AvgIpc) is 3.01. The summed E-state index contributed by atoms with van der Waals surface area (Å²) in [4.78, 5) is 24.6. The molecule has 0 fully saturated rings. The van der Waals surface area contributed by atoms with Crippen LogP contribution in [0, 0.1) is 13.8 Å². The fourth-order valence-electron chi connectivity index (χ4n) is 5.12. The summed E-state index contributed by atoms with van der Waals surface area (Å²) in [6, 6.07) is 38.8. The molecule has 0 aliphatic rings. The molecule has 7 aromatic rings. The van der Waals surface area contributed by atoms with E-state index in [-0.39, 0.29) is 0 Å². The van der Waals surface area contributed by atoms with Crippen molar-refractivity contribution in [2.24, 2.45) is 0 Å². The first-order chi connectivity index (χ1) is 19.6. The highest BCUT2D eigenvalue weighted by molar-refractivity contribution is 6.04. The molecule has 0 saturated heterocycles. The van der Waals surface area contributed by atoms with Gasteiger partial charge in [0.15, 0.2) is 17.5 Å². The topological polar surface area (TPSA) is 64.5 Å². The number of aromatic nitrogens is 5. The van der Waals surface area contributed by atoms with Crippen LogP contribution < -0.4 is 0 Å². The predicted molar refractivity (Wildman–Crippen MR) is 162 cm³/mol. The lowest BCUT2D eigenvalue weighted by atomic mass is 10.0. The zero-order valence-electron chi connectivity index (χ0n) is 22.2. The highest BCUT2D eigenvalue weighted by Gasteiger charge is 2.14. The first-order valence-corrected chi connectivity index (χ1v) is 13.3. The molecule has 3 heterocycles. The molecule has 0 aliphatic carbocycles. The van der Waals surface area contributed by atoms with Crippen LogP contribution in [0.3, 0.4) is 0 Å². The van der Waals surface area contributed by atoms with Crippen LogP contribution in [0.2, 0.25) is 0 Å². The summed E-state index contributed by atoms with van der Waals surface area (Å²) in [5.74, 6) is 1.90. The third-order valence-corrected chi connectivity index (χ3v) is 7.09. The minimum absolute atomic E-state index is 0.619. The van der Waals surface area contributed by atoms with Crippen molar-refractivity contribution in [1.82, 2.24) is 24.9 Å². The summed E-state index contributed by atoms with van der Waals surface area (Å²) in [7, 11) is 0. The van der Waals surface area contributed by atoms with Crippen LogP contribution in [0.4, 0.5) is 0 Å². The molecule has 3 aromatic heterocycles. The number of hydrogen-bond donors (Lipinski definition) is 0. The highest BCUT2D eigenvalue weighted by atomic mass is 15.0. The van der Waals surface area contributed by atoms with Crippen molar-refractivity contribution in [2.75, 3.05) is 0 Å². The van der Waals surface area contributed by atoms with E-state index in [2.05, 4.69) is 49.4 Å². The molecule has 7 rings (SSSR count). The summed E-state index contributed by atoms with van der Waals surface area (Å²) in [6.07, 6.45) is 0.